The average Bonchev–Trinajstić information content (AvgIpc) is 2.69. The lowest BCUT2D eigenvalue weighted by Crippen LogP contribution is -2.30. The van der Waals surface area contributed by atoms with Gasteiger partial charge in [-0.1, -0.05) is 44.2 Å². The Morgan fingerprint density at radius 1 is 1.33 bits per heavy atom. The molecule has 0 N–H and O–H groups in total. The second kappa shape index (κ2) is 5.13. The van der Waals surface area contributed by atoms with Crippen LogP contribution in [0, 0.1) is 5.41 Å². The molecule has 2 unspecified atom stereocenters. The third-order valence-electron chi connectivity index (χ3n) is 4.07. The molecule has 0 aromatic heterocycles. The van der Waals surface area contributed by atoms with Crippen LogP contribution in [-0.2, 0) is 9.53 Å². The Bertz CT molecular complexity index is 408. The lowest BCUT2D eigenvalue weighted by atomic mass is 9.89. The molecule has 0 spiro atoms. The Kier molecular flexibility index (Phi) is 3.74. The zero-order chi connectivity index (χ0) is 13.2. The van der Waals surface area contributed by atoms with Crippen molar-refractivity contribution in [2.75, 3.05) is 0 Å². The highest BCUT2D eigenvalue weighted by Gasteiger charge is 2.38. The van der Waals surface area contributed by atoms with E-state index in [1.165, 1.54) is 0 Å². The molecule has 0 aliphatic heterocycles. The van der Waals surface area contributed by atoms with Gasteiger partial charge in [-0.2, -0.15) is 0 Å². The lowest BCUT2D eigenvalue weighted by Gasteiger charge is -2.27. The zero-order valence-electron chi connectivity index (χ0n) is 11.5. The summed E-state index contributed by atoms with van der Waals surface area (Å²) >= 11 is 0. The van der Waals surface area contributed by atoms with E-state index in [-0.39, 0.29) is 23.4 Å². The molecular formula is C16H22O2. The molecule has 98 valence electrons. The van der Waals surface area contributed by atoms with Gasteiger partial charge in [0.25, 0.3) is 0 Å². The van der Waals surface area contributed by atoms with Gasteiger partial charge < -0.3 is 4.74 Å². The number of hydrogen-bond donors (Lipinski definition) is 0. The van der Waals surface area contributed by atoms with Crippen LogP contribution in [0.4, 0.5) is 0 Å². The highest BCUT2D eigenvalue weighted by molar-refractivity contribution is 5.77. The van der Waals surface area contributed by atoms with Gasteiger partial charge in [-0.15, -0.1) is 0 Å². The maximum Gasteiger partial charge on any atom is 0.313 e. The normalized spacial score (nSPS) is 23.6. The van der Waals surface area contributed by atoms with Gasteiger partial charge in [-0.25, -0.2) is 0 Å². The number of carbonyl (C=O) groups is 1. The molecule has 2 rings (SSSR count). The summed E-state index contributed by atoms with van der Waals surface area (Å²) in [5, 5.41) is 0. The summed E-state index contributed by atoms with van der Waals surface area (Å²) in [5.74, 6) is -0.274. The molecule has 1 fully saturated rings. The summed E-state index contributed by atoms with van der Waals surface area (Å²) < 4.78 is 5.70. The van der Waals surface area contributed by atoms with Crippen LogP contribution in [0.1, 0.15) is 51.5 Å². The fraction of sp³-hybridized carbons (Fsp3) is 0.562. The first-order valence-corrected chi connectivity index (χ1v) is 6.76. The van der Waals surface area contributed by atoms with Crippen LogP contribution in [-0.4, -0.2) is 12.1 Å². The molecular weight excluding hydrogens is 224 g/mol. The van der Waals surface area contributed by atoms with E-state index < -0.39 is 0 Å². The van der Waals surface area contributed by atoms with E-state index >= 15 is 0 Å². The molecule has 0 saturated heterocycles. The molecule has 1 aliphatic carbocycles. The summed E-state index contributed by atoms with van der Waals surface area (Å²) in [6.07, 6.45) is 3.38. The molecule has 1 aliphatic rings. The van der Waals surface area contributed by atoms with Crippen molar-refractivity contribution in [2.24, 2.45) is 5.41 Å². The molecule has 2 nitrogen and oxygen atoms in total. The van der Waals surface area contributed by atoms with Crippen molar-refractivity contribution in [3.05, 3.63) is 35.9 Å². The Balaban J connectivity index is 2.00. The molecule has 0 radical (unpaired) electrons. The predicted octanol–water partition coefficient (Wildman–Crippen LogP) is 3.91. The van der Waals surface area contributed by atoms with Crippen molar-refractivity contribution < 1.29 is 9.53 Å². The molecule has 1 saturated carbocycles. The second-order valence-corrected chi connectivity index (χ2v) is 5.94. The van der Waals surface area contributed by atoms with Gasteiger partial charge in [0.1, 0.15) is 6.10 Å². The average molecular weight is 246 g/mol. The second-order valence-electron chi connectivity index (χ2n) is 5.94. The standard InChI is InChI=1S/C16H22O2/c1-12(13-8-5-4-6-9-13)15(17)18-14-10-7-11-16(14,2)3/h4-6,8-9,12,14H,7,10-11H2,1-3H3. The Morgan fingerprint density at radius 2 is 2.00 bits per heavy atom. The third kappa shape index (κ3) is 2.74. The van der Waals surface area contributed by atoms with Crippen LogP contribution in [0.3, 0.4) is 0 Å². The molecule has 2 heteroatoms. The number of ether oxygens (including phenoxy) is 1. The summed E-state index contributed by atoms with van der Waals surface area (Å²) in [6.45, 7) is 6.29. The number of esters is 1. The van der Waals surface area contributed by atoms with Crippen molar-refractivity contribution in [3.8, 4) is 0 Å². The third-order valence-corrected chi connectivity index (χ3v) is 4.07. The minimum Gasteiger partial charge on any atom is -0.461 e. The Hall–Kier alpha value is -1.31. The molecule has 2 atom stereocenters. The fourth-order valence-electron chi connectivity index (χ4n) is 2.63. The monoisotopic (exact) mass is 246 g/mol. The number of benzene rings is 1. The van der Waals surface area contributed by atoms with E-state index in [0.717, 1.165) is 24.8 Å². The largest absolute Gasteiger partial charge is 0.461 e. The minimum atomic E-state index is -0.178. The first-order valence-electron chi connectivity index (χ1n) is 6.76. The van der Waals surface area contributed by atoms with Crippen molar-refractivity contribution >= 4 is 5.97 Å². The van der Waals surface area contributed by atoms with Crippen molar-refractivity contribution in [1.82, 2.24) is 0 Å². The number of rotatable bonds is 3. The first-order chi connectivity index (χ1) is 8.50. The van der Waals surface area contributed by atoms with Crippen LogP contribution in [0.2, 0.25) is 0 Å². The quantitative estimate of drug-likeness (QED) is 0.756. The van der Waals surface area contributed by atoms with Crippen LogP contribution in [0.25, 0.3) is 0 Å². The lowest BCUT2D eigenvalue weighted by molar-refractivity contribution is -0.154. The maximum absolute atomic E-state index is 12.2. The zero-order valence-corrected chi connectivity index (χ0v) is 11.5. The van der Waals surface area contributed by atoms with Gasteiger partial charge in [0.15, 0.2) is 0 Å². The molecule has 1 aromatic rings. The van der Waals surface area contributed by atoms with Crippen molar-refractivity contribution in [1.29, 1.82) is 0 Å². The predicted molar refractivity (Wildman–Crippen MR) is 72.4 cm³/mol. The highest BCUT2D eigenvalue weighted by Crippen LogP contribution is 2.39. The molecule has 0 heterocycles. The fourth-order valence-corrected chi connectivity index (χ4v) is 2.63. The first kappa shape index (κ1) is 13.1. The highest BCUT2D eigenvalue weighted by atomic mass is 16.5. The van der Waals surface area contributed by atoms with Crippen LogP contribution >= 0.6 is 0 Å². The Labute approximate surface area is 109 Å². The van der Waals surface area contributed by atoms with Crippen LogP contribution in [0.5, 0.6) is 0 Å². The number of carbonyl (C=O) groups excluding carboxylic acids is 1. The van der Waals surface area contributed by atoms with Gasteiger partial charge in [0.05, 0.1) is 5.92 Å². The van der Waals surface area contributed by atoms with E-state index in [2.05, 4.69) is 13.8 Å². The topological polar surface area (TPSA) is 26.3 Å². The van der Waals surface area contributed by atoms with E-state index in [1.807, 2.05) is 37.3 Å². The summed E-state index contributed by atoms with van der Waals surface area (Å²) in [4.78, 5) is 12.2. The minimum absolute atomic E-state index is 0.0798. The smallest absolute Gasteiger partial charge is 0.313 e. The summed E-state index contributed by atoms with van der Waals surface area (Å²) in [6, 6.07) is 9.83. The number of hydrogen-bond acceptors (Lipinski definition) is 2. The molecule has 0 bridgehead atoms. The van der Waals surface area contributed by atoms with E-state index in [4.69, 9.17) is 4.74 Å². The SMILES string of the molecule is CC(C(=O)OC1CCCC1(C)C)c1ccccc1. The molecule has 1 aromatic carbocycles. The van der Waals surface area contributed by atoms with Gasteiger partial charge in [-0.3, -0.25) is 4.79 Å². The van der Waals surface area contributed by atoms with Crippen LogP contribution in [0.15, 0.2) is 30.3 Å². The van der Waals surface area contributed by atoms with E-state index in [9.17, 15) is 4.79 Å². The van der Waals surface area contributed by atoms with Crippen molar-refractivity contribution in [3.63, 3.8) is 0 Å². The van der Waals surface area contributed by atoms with Gasteiger partial charge in [0.2, 0.25) is 0 Å². The summed E-state index contributed by atoms with van der Waals surface area (Å²) in [7, 11) is 0. The summed E-state index contributed by atoms with van der Waals surface area (Å²) in [5.41, 5.74) is 1.16. The van der Waals surface area contributed by atoms with Gasteiger partial charge in [-0.05, 0) is 31.7 Å². The van der Waals surface area contributed by atoms with Crippen LogP contribution < -0.4 is 0 Å². The van der Waals surface area contributed by atoms with Crippen molar-refractivity contribution in [2.45, 2.75) is 52.1 Å². The van der Waals surface area contributed by atoms with E-state index in [1.54, 1.807) is 0 Å². The molecule has 18 heavy (non-hydrogen) atoms. The van der Waals surface area contributed by atoms with Gasteiger partial charge in [0, 0.05) is 5.41 Å². The maximum atomic E-state index is 12.2. The molecule has 0 amide bonds. The Morgan fingerprint density at radius 3 is 2.56 bits per heavy atom. The van der Waals surface area contributed by atoms with Gasteiger partial charge >= 0.3 is 5.97 Å². The van der Waals surface area contributed by atoms with E-state index in [0.29, 0.717) is 0 Å².